The number of rotatable bonds is 13. The molecule has 1 aromatic rings. The highest BCUT2D eigenvalue weighted by Gasteiger charge is 2.70. The van der Waals surface area contributed by atoms with E-state index in [1.807, 2.05) is 65.0 Å². The number of alkyl carbamates (subject to hydrolysis) is 1. The van der Waals surface area contributed by atoms with Crippen molar-refractivity contribution in [2.75, 3.05) is 13.1 Å². The Hall–Kier alpha value is -3.96. The first-order chi connectivity index (χ1) is 22.6. The summed E-state index contributed by atoms with van der Waals surface area (Å²) in [5.74, 6) is -3.02. The first-order valence-electron chi connectivity index (χ1n) is 17.3. The third-order valence-electron chi connectivity index (χ3n) is 10.4. The van der Waals surface area contributed by atoms with Crippen LogP contribution in [0.2, 0.25) is 0 Å². The lowest BCUT2D eigenvalue weighted by Gasteiger charge is -2.38. The number of ether oxygens (including phenoxy) is 1. The van der Waals surface area contributed by atoms with Gasteiger partial charge in [-0.05, 0) is 59.8 Å². The smallest absolute Gasteiger partial charge is 0.408 e. The Kier molecular flexibility index (Phi) is 11.6. The number of likely N-dealkylation sites (tertiary alicyclic amines) is 1. The fourth-order valence-corrected chi connectivity index (χ4v) is 7.28. The van der Waals surface area contributed by atoms with Gasteiger partial charge in [-0.25, -0.2) is 4.79 Å². The number of carbonyl (C=O) groups is 6. The molecule has 1 aromatic carbocycles. The summed E-state index contributed by atoms with van der Waals surface area (Å²) in [7, 11) is 0. The summed E-state index contributed by atoms with van der Waals surface area (Å²) in [5.41, 5.74) is 0.00515. The normalized spacial score (nSPS) is 25.2. The first kappa shape index (κ1) is 36.9. The van der Waals surface area contributed by atoms with E-state index in [4.69, 9.17) is 4.74 Å². The minimum absolute atomic E-state index is 0.0714. The lowest BCUT2D eigenvalue weighted by atomic mass is 9.85. The highest BCUT2D eigenvalue weighted by atomic mass is 16.6. The van der Waals surface area contributed by atoms with Gasteiger partial charge < -0.3 is 30.9 Å². The number of fused-ring (bicyclic) bond motifs is 1. The van der Waals surface area contributed by atoms with Gasteiger partial charge in [-0.3, -0.25) is 24.0 Å². The van der Waals surface area contributed by atoms with E-state index in [-0.39, 0.29) is 48.1 Å². The molecule has 264 valence electrons. The maximum Gasteiger partial charge on any atom is 0.408 e. The van der Waals surface area contributed by atoms with Crippen molar-refractivity contribution in [1.82, 2.24) is 26.2 Å². The number of hydrogen-bond acceptors (Lipinski definition) is 7. The lowest BCUT2D eigenvalue weighted by molar-refractivity contribution is -0.145. The summed E-state index contributed by atoms with van der Waals surface area (Å²) < 4.78 is 5.70. The fraction of sp³-hybridized carbons (Fsp3) is 0.667. The van der Waals surface area contributed by atoms with Gasteiger partial charge in [-0.15, -0.1) is 0 Å². The molecule has 1 saturated heterocycles. The molecule has 3 fully saturated rings. The molecule has 3 aliphatic rings. The van der Waals surface area contributed by atoms with Crippen LogP contribution in [0.3, 0.4) is 0 Å². The van der Waals surface area contributed by atoms with Crippen molar-refractivity contribution in [3.8, 4) is 0 Å². The van der Waals surface area contributed by atoms with E-state index in [2.05, 4.69) is 35.1 Å². The molecule has 4 N–H and O–H groups in total. The van der Waals surface area contributed by atoms with Crippen LogP contribution >= 0.6 is 0 Å². The Balaban J connectivity index is 1.41. The second kappa shape index (κ2) is 15.1. The fourth-order valence-electron chi connectivity index (χ4n) is 7.28. The summed E-state index contributed by atoms with van der Waals surface area (Å²) >= 11 is 0. The topological polar surface area (TPSA) is 163 Å². The van der Waals surface area contributed by atoms with Crippen LogP contribution in [0.1, 0.15) is 86.1 Å². The highest BCUT2D eigenvalue weighted by Crippen LogP contribution is 2.65. The van der Waals surface area contributed by atoms with Gasteiger partial charge in [0.15, 0.2) is 0 Å². The molecule has 0 aromatic heterocycles. The standard InChI is InChI=1S/C36H53N5O7/c1-8-13-24(29(43)32(45)38-19-26(42)37-18-22-15-10-9-11-16-22)39-31(44)28-27-23(36(27,6)7)20-41(28)33(46)30(35(3,4)5)40-34(47)48-25-17-12-14-21(25)2/h9-11,15-16,21,23-25,27-28,30H,8,12-14,17-20H2,1-7H3,(H,37,42)(H,38,45)(H,39,44)(H,40,47)/t21?,23-,24?,25?,27?,28?,30+/m0/s1. The van der Waals surface area contributed by atoms with Gasteiger partial charge in [-0.2, -0.15) is 0 Å². The largest absolute Gasteiger partial charge is 0.446 e. The average molecular weight is 668 g/mol. The van der Waals surface area contributed by atoms with E-state index < -0.39 is 59.7 Å². The minimum atomic E-state index is -1.13. The molecule has 12 heteroatoms. The zero-order chi connectivity index (χ0) is 35.4. The number of benzene rings is 1. The molecule has 1 aliphatic heterocycles. The maximum atomic E-state index is 14.2. The highest BCUT2D eigenvalue weighted by molar-refractivity contribution is 6.38. The Labute approximate surface area is 283 Å². The van der Waals surface area contributed by atoms with Gasteiger partial charge in [0.05, 0.1) is 12.6 Å². The summed E-state index contributed by atoms with van der Waals surface area (Å²) in [6.45, 7) is 13.7. The van der Waals surface area contributed by atoms with Crippen LogP contribution in [0.25, 0.3) is 0 Å². The first-order valence-corrected chi connectivity index (χ1v) is 17.3. The number of ketones is 1. The summed E-state index contributed by atoms with van der Waals surface area (Å²) in [5, 5.41) is 10.6. The molecule has 0 spiro atoms. The van der Waals surface area contributed by atoms with Gasteiger partial charge in [0.2, 0.25) is 23.5 Å². The van der Waals surface area contributed by atoms with E-state index >= 15 is 0 Å². The van der Waals surface area contributed by atoms with Crippen molar-refractivity contribution in [3.05, 3.63) is 35.9 Å². The average Bonchev–Trinajstić information content (AvgIpc) is 3.36. The van der Waals surface area contributed by atoms with Crippen LogP contribution in [0.15, 0.2) is 30.3 Å². The van der Waals surface area contributed by atoms with Gasteiger partial charge in [0.1, 0.15) is 18.2 Å². The van der Waals surface area contributed by atoms with E-state index in [1.165, 1.54) is 4.90 Å². The van der Waals surface area contributed by atoms with E-state index in [0.29, 0.717) is 13.0 Å². The van der Waals surface area contributed by atoms with Crippen molar-refractivity contribution < 1.29 is 33.5 Å². The van der Waals surface area contributed by atoms with Crippen molar-refractivity contribution >= 4 is 35.5 Å². The van der Waals surface area contributed by atoms with Crippen molar-refractivity contribution in [1.29, 1.82) is 0 Å². The summed E-state index contributed by atoms with van der Waals surface area (Å²) in [6, 6.07) is 6.31. The van der Waals surface area contributed by atoms with Crippen molar-refractivity contribution in [2.24, 2.45) is 28.6 Å². The quantitative estimate of drug-likeness (QED) is 0.235. The SMILES string of the molecule is CCCC(NC(=O)C1C2[C@H](CN1C(=O)[C@@H](NC(=O)OC1CCCC1C)C(C)(C)C)C2(C)C)C(=O)C(=O)NCC(=O)NCc1ccccc1. The molecule has 0 radical (unpaired) electrons. The zero-order valence-electron chi connectivity index (χ0n) is 29.4. The van der Waals surface area contributed by atoms with Gasteiger partial charge in [-0.1, -0.05) is 85.2 Å². The van der Waals surface area contributed by atoms with Crippen molar-refractivity contribution in [3.63, 3.8) is 0 Å². The summed E-state index contributed by atoms with van der Waals surface area (Å²) in [6.07, 6.45) is 2.60. The maximum absolute atomic E-state index is 14.2. The van der Waals surface area contributed by atoms with Crippen molar-refractivity contribution in [2.45, 2.75) is 111 Å². The second-order valence-electron chi connectivity index (χ2n) is 15.3. The number of nitrogens with one attached hydrogen (secondary N) is 4. The number of hydrogen-bond donors (Lipinski definition) is 4. The molecule has 2 aliphatic carbocycles. The number of piperidine rings is 1. The van der Waals surface area contributed by atoms with E-state index in [9.17, 15) is 28.8 Å². The predicted molar refractivity (Wildman–Crippen MR) is 179 cm³/mol. The van der Waals surface area contributed by atoms with Crippen LogP contribution in [0.5, 0.6) is 0 Å². The van der Waals surface area contributed by atoms with Gasteiger partial charge >= 0.3 is 6.09 Å². The Bertz CT molecular complexity index is 1370. The Morgan fingerprint density at radius 1 is 1.00 bits per heavy atom. The third-order valence-corrected chi connectivity index (χ3v) is 10.4. The van der Waals surface area contributed by atoms with Crippen LogP contribution in [-0.4, -0.2) is 77.7 Å². The Morgan fingerprint density at radius 2 is 1.69 bits per heavy atom. The molecule has 2 saturated carbocycles. The predicted octanol–water partition coefficient (Wildman–Crippen LogP) is 3.09. The van der Waals surface area contributed by atoms with Crippen LogP contribution in [0.4, 0.5) is 4.79 Å². The molecular weight excluding hydrogens is 614 g/mol. The van der Waals surface area contributed by atoms with Gasteiger partial charge in [0.25, 0.3) is 5.91 Å². The number of Topliss-reactive ketones (excluding diaryl/α,β-unsaturated/α-hetero) is 1. The Morgan fingerprint density at radius 3 is 2.29 bits per heavy atom. The van der Waals surface area contributed by atoms with Gasteiger partial charge in [0, 0.05) is 13.1 Å². The second-order valence-corrected chi connectivity index (χ2v) is 15.3. The molecule has 48 heavy (non-hydrogen) atoms. The van der Waals surface area contributed by atoms with Crippen LogP contribution in [-0.2, 0) is 35.3 Å². The molecule has 0 bridgehead atoms. The molecule has 5 unspecified atom stereocenters. The number of nitrogens with zero attached hydrogens (tertiary/aromatic N) is 1. The summed E-state index contributed by atoms with van der Waals surface area (Å²) in [4.78, 5) is 81.0. The van der Waals surface area contributed by atoms with Crippen LogP contribution in [0, 0.1) is 28.6 Å². The monoisotopic (exact) mass is 667 g/mol. The van der Waals surface area contributed by atoms with Crippen LogP contribution < -0.4 is 21.3 Å². The third kappa shape index (κ3) is 8.54. The molecule has 4 rings (SSSR count). The molecule has 5 amide bonds. The van der Waals surface area contributed by atoms with E-state index in [1.54, 1.807) is 0 Å². The number of carbonyl (C=O) groups excluding carboxylic acids is 6. The molecule has 12 nitrogen and oxygen atoms in total. The molecule has 1 heterocycles. The zero-order valence-corrected chi connectivity index (χ0v) is 29.4. The lowest BCUT2D eigenvalue weighted by Crippen LogP contribution is -2.60. The van der Waals surface area contributed by atoms with E-state index in [0.717, 1.165) is 24.8 Å². The number of amides is 5. The minimum Gasteiger partial charge on any atom is -0.446 e. The molecule has 7 atom stereocenters. The molecular formula is C36H53N5O7.